The van der Waals surface area contributed by atoms with Crippen LogP contribution in [-0.2, 0) is 11.0 Å². The molecule has 2 fully saturated rings. The second-order valence-electron chi connectivity index (χ2n) is 14.6. The Morgan fingerprint density at radius 2 is 1.84 bits per heavy atom. The van der Waals surface area contributed by atoms with Gasteiger partial charge in [-0.15, -0.1) is 0 Å². The number of hydrogen-bond donors (Lipinski definition) is 3. The van der Waals surface area contributed by atoms with Crippen LogP contribution in [0.4, 0.5) is 17.1 Å². The first-order valence-corrected chi connectivity index (χ1v) is 20.1. The molecule has 1 spiro atoms. The molecule has 0 bridgehead atoms. The fourth-order valence-corrected chi connectivity index (χ4v) is 9.03. The van der Waals surface area contributed by atoms with E-state index in [-0.39, 0.29) is 27.6 Å². The summed E-state index contributed by atoms with van der Waals surface area (Å²) in [6, 6.07) is 21.6. The molecule has 1 saturated heterocycles. The third-order valence-corrected chi connectivity index (χ3v) is 12.6. The Balaban J connectivity index is 1.01. The van der Waals surface area contributed by atoms with Crippen molar-refractivity contribution in [1.82, 2.24) is 19.6 Å². The minimum atomic E-state index is -2.08. The van der Waals surface area contributed by atoms with Crippen molar-refractivity contribution in [2.24, 2.45) is 5.41 Å². The summed E-state index contributed by atoms with van der Waals surface area (Å²) >= 11 is 6.26. The average Bonchev–Trinajstić information content (AvgIpc) is 3.66. The van der Waals surface area contributed by atoms with Crippen molar-refractivity contribution in [3.63, 3.8) is 0 Å². The number of halogens is 1. The summed E-state index contributed by atoms with van der Waals surface area (Å²) in [4.78, 5) is 37.2. The fraction of sp³-hybridized carbons (Fsp3) is 0.317. The Morgan fingerprint density at radius 3 is 2.56 bits per heavy atom. The molecule has 55 heavy (non-hydrogen) atoms. The topological polar surface area (TPSA) is 146 Å². The van der Waals surface area contributed by atoms with Crippen molar-refractivity contribution in [1.29, 1.82) is 0 Å². The number of allylic oxidation sites excluding steroid dienone is 1. The molecule has 1 amide bonds. The molecule has 3 aliphatic rings. The van der Waals surface area contributed by atoms with Crippen molar-refractivity contribution >= 4 is 62.2 Å². The number of fused-ring (bicyclic) bond motifs is 1. The quantitative estimate of drug-likeness (QED) is 0.0890. The van der Waals surface area contributed by atoms with Crippen molar-refractivity contribution in [2.75, 3.05) is 50.0 Å². The lowest BCUT2D eigenvalue weighted by molar-refractivity contribution is -0.384. The molecule has 284 valence electrons. The molecule has 1 aliphatic heterocycles. The summed E-state index contributed by atoms with van der Waals surface area (Å²) < 4.78 is 22.1. The Labute approximate surface area is 326 Å². The van der Waals surface area contributed by atoms with Gasteiger partial charge in [0.1, 0.15) is 22.8 Å². The molecule has 0 radical (unpaired) electrons. The van der Waals surface area contributed by atoms with Gasteiger partial charge in [-0.25, -0.2) is 9.19 Å². The number of H-pyrrole nitrogens is 1. The molecule has 1 unspecified atom stereocenters. The standard InChI is InChI=1S/C41H42ClN7O5S/c1-43-36-10-8-33(23-37(36)49(51)52)55(53)46-40(50)34-9-7-31(22-38(34)54-32-21-28-12-16-44-39(28)45-25-32)48-19-17-47(18-20-48)26-29-11-15-41(13-2-14-41)24-35(29)27-3-5-30(42)6-4-27/h3-10,12,16,21-23,25,43H,2,11,13-15,17-20,24,26H2,1H3,(H,44,45)(H,46,50). The van der Waals surface area contributed by atoms with Crippen LogP contribution in [0.25, 0.3) is 16.6 Å². The van der Waals surface area contributed by atoms with E-state index in [1.807, 2.05) is 36.4 Å². The Hall–Kier alpha value is -5.24. The van der Waals surface area contributed by atoms with Gasteiger partial charge in [-0.05, 0) is 97.2 Å². The van der Waals surface area contributed by atoms with Crippen LogP contribution in [0.3, 0.4) is 0 Å². The maximum absolute atomic E-state index is 13.7. The van der Waals surface area contributed by atoms with Crippen LogP contribution in [0.1, 0.15) is 54.4 Å². The van der Waals surface area contributed by atoms with E-state index in [4.69, 9.17) is 16.3 Å². The molecule has 14 heteroatoms. The van der Waals surface area contributed by atoms with E-state index in [0.29, 0.717) is 16.8 Å². The summed E-state index contributed by atoms with van der Waals surface area (Å²) in [5, 5.41) is 16.0. The zero-order chi connectivity index (χ0) is 38.1. The van der Waals surface area contributed by atoms with E-state index in [1.165, 1.54) is 60.6 Å². The van der Waals surface area contributed by atoms with Gasteiger partial charge in [0, 0.05) is 74.2 Å². The number of carbonyl (C=O) groups excluding carboxylic acids is 1. The first-order chi connectivity index (χ1) is 26.7. The number of piperazine rings is 1. The first kappa shape index (κ1) is 36.7. The zero-order valence-corrected chi connectivity index (χ0v) is 32.0. The van der Waals surface area contributed by atoms with Crippen LogP contribution in [0.15, 0.2) is 95.7 Å². The molecular formula is C41H42ClN7O5S. The van der Waals surface area contributed by atoms with Gasteiger partial charge in [0.25, 0.3) is 11.6 Å². The number of anilines is 2. The van der Waals surface area contributed by atoms with E-state index in [0.717, 1.165) is 61.7 Å². The largest absolute Gasteiger partial charge is 0.455 e. The van der Waals surface area contributed by atoms with Crippen LogP contribution in [0.5, 0.6) is 11.5 Å². The first-order valence-electron chi connectivity index (χ1n) is 18.6. The number of nitrogens with one attached hydrogen (secondary N) is 3. The molecular weight excluding hydrogens is 738 g/mol. The van der Waals surface area contributed by atoms with Gasteiger partial charge in [-0.3, -0.25) is 24.5 Å². The number of rotatable bonds is 11. The monoisotopic (exact) mass is 779 g/mol. The van der Waals surface area contributed by atoms with Gasteiger partial charge in [-0.1, -0.05) is 35.7 Å². The molecule has 2 aromatic heterocycles. The van der Waals surface area contributed by atoms with Crippen molar-refractivity contribution < 1.29 is 18.7 Å². The predicted molar refractivity (Wildman–Crippen MR) is 216 cm³/mol. The Bertz CT molecular complexity index is 2320. The molecule has 8 rings (SSSR count). The third kappa shape index (κ3) is 7.82. The highest BCUT2D eigenvalue weighted by atomic mass is 35.5. The summed E-state index contributed by atoms with van der Waals surface area (Å²) in [5.41, 5.74) is 6.59. The van der Waals surface area contributed by atoms with E-state index in [9.17, 15) is 19.1 Å². The van der Waals surface area contributed by atoms with Crippen molar-refractivity contribution in [3.05, 3.63) is 117 Å². The molecule has 5 aromatic rings. The van der Waals surface area contributed by atoms with Crippen molar-refractivity contribution in [2.45, 2.75) is 43.4 Å². The highest BCUT2D eigenvalue weighted by Gasteiger charge is 2.41. The number of aromatic amines is 1. The van der Waals surface area contributed by atoms with Crippen LogP contribution in [0.2, 0.25) is 5.02 Å². The number of nitro groups is 1. The molecule has 2 aliphatic carbocycles. The number of carbonyl (C=O) groups is 1. The Kier molecular flexibility index (Phi) is 10.3. The fourth-order valence-electron chi connectivity index (χ4n) is 8.09. The average molecular weight is 780 g/mol. The summed E-state index contributed by atoms with van der Waals surface area (Å²) in [6.07, 6.45) is 10.9. The number of benzene rings is 3. The summed E-state index contributed by atoms with van der Waals surface area (Å²) in [7, 11) is -0.521. The maximum Gasteiger partial charge on any atom is 0.293 e. The van der Waals surface area contributed by atoms with Gasteiger partial charge in [-0.2, -0.15) is 0 Å². The van der Waals surface area contributed by atoms with Crippen LogP contribution in [0, 0.1) is 15.5 Å². The maximum atomic E-state index is 13.7. The highest BCUT2D eigenvalue weighted by Crippen LogP contribution is 2.55. The van der Waals surface area contributed by atoms with Gasteiger partial charge in [0.2, 0.25) is 0 Å². The van der Waals surface area contributed by atoms with E-state index >= 15 is 0 Å². The Morgan fingerprint density at radius 1 is 1.04 bits per heavy atom. The smallest absolute Gasteiger partial charge is 0.293 e. The molecule has 3 aromatic carbocycles. The molecule has 1 atom stereocenters. The second kappa shape index (κ2) is 15.5. The lowest BCUT2D eigenvalue weighted by atomic mass is 9.59. The summed E-state index contributed by atoms with van der Waals surface area (Å²) in [5.74, 6) is 0.0534. The van der Waals surface area contributed by atoms with Gasteiger partial charge in [0.05, 0.1) is 21.6 Å². The van der Waals surface area contributed by atoms with Crippen molar-refractivity contribution in [3.8, 4) is 11.5 Å². The van der Waals surface area contributed by atoms with Gasteiger partial charge in [0.15, 0.2) is 11.0 Å². The minimum absolute atomic E-state index is 0.0879. The number of hydrogen-bond acceptors (Lipinski definition) is 9. The zero-order valence-electron chi connectivity index (χ0n) is 30.5. The molecule has 3 heterocycles. The number of nitrogens with zero attached hydrogens (tertiary/aromatic N) is 4. The number of amides is 1. The second-order valence-corrected chi connectivity index (χ2v) is 16.3. The third-order valence-electron chi connectivity index (χ3n) is 11.3. The molecule has 3 N–H and O–H groups in total. The molecule has 12 nitrogen and oxygen atoms in total. The van der Waals surface area contributed by atoms with Crippen LogP contribution < -0.4 is 19.7 Å². The normalized spacial score (nSPS) is 17.5. The van der Waals surface area contributed by atoms with E-state index in [1.54, 1.807) is 25.5 Å². The lowest BCUT2D eigenvalue weighted by Crippen LogP contribution is -2.47. The number of pyridine rings is 1. The van der Waals surface area contributed by atoms with Crippen LogP contribution >= 0.6 is 11.6 Å². The number of nitro benzene ring substituents is 1. The van der Waals surface area contributed by atoms with E-state index in [2.05, 4.69) is 41.9 Å². The minimum Gasteiger partial charge on any atom is -0.455 e. The lowest BCUT2D eigenvalue weighted by Gasteiger charge is -2.47. The van der Waals surface area contributed by atoms with Gasteiger partial charge >= 0.3 is 0 Å². The van der Waals surface area contributed by atoms with Crippen LogP contribution in [-0.4, -0.2) is 69.7 Å². The van der Waals surface area contributed by atoms with Gasteiger partial charge < -0.3 is 19.9 Å². The van der Waals surface area contributed by atoms with E-state index < -0.39 is 21.8 Å². The SMILES string of the molecule is CNc1ccc(S(=O)NC(=O)c2ccc(N3CCN(CC4=C(c5ccc(Cl)cc5)CC5(CCC5)CC4)CC3)cc2Oc2cnc3[nH]ccc3c2)cc1[N+](=O)[O-]. The number of aromatic nitrogens is 2. The highest BCUT2D eigenvalue weighted by molar-refractivity contribution is 7.83. The summed E-state index contributed by atoms with van der Waals surface area (Å²) in [6.45, 7) is 4.29. The predicted octanol–water partition coefficient (Wildman–Crippen LogP) is 8.34. The number of ether oxygens (including phenoxy) is 1. The molecule has 1 saturated carbocycles.